The molecule has 1 heterocycles. The van der Waals surface area contributed by atoms with Crippen molar-refractivity contribution >= 4 is 33.9 Å². The van der Waals surface area contributed by atoms with Crippen LogP contribution >= 0.6 is 11.6 Å². The third-order valence-corrected chi connectivity index (χ3v) is 8.21. The fraction of sp³-hybridized carbons (Fsp3) is 0.111. The van der Waals surface area contributed by atoms with Gasteiger partial charge in [-0.05, 0) is 76.9 Å². The molecule has 0 saturated heterocycles. The standard InChI is InChI=1S/C36H28ClNO/c1-36(2)32-15-5-4-14-30(32)31-20-19-29(23-33(31)36)38(27-12-8-11-26(37)17-18-27)28-13-7-10-24(21-28)35-22-25-9-3-6-16-34(25)39-35/h3-10,12-23H,11H2,1-2H3. The monoisotopic (exact) mass is 525 g/mol. The van der Waals surface area contributed by atoms with Crippen molar-refractivity contribution in [2.45, 2.75) is 25.7 Å². The van der Waals surface area contributed by atoms with Gasteiger partial charge in [0.1, 0.15) is 11.3 Å². The Morgan fingerprint density at radius 1 is 0.744 bits per heavy atom. The van der Waals surface area contributed by atoms with Crippen LogP contribution in [-0.2, 0) is 5.41 Å². The average Bonchev–Trinajstić information content (AvgIpc) is 3.40. The largest absolute Gasteiger partial charge is 0.456 e. The Bertz CT molecular complexity index is 1800. The van der Waals surface area contributed by atoms with Gasteiger partial charge in [-0.1, -0.05) is 92.2 Å². The maximum absolute atomic E-state index is 6.43. The average molecular weight is 526 g/mol. The van der Waals surface area contributed by atoms with Crippen LogP contribution in [-0.4, -0.2) is 0 Å². The minimum atomic E-state index is -0.0827. The van der Waals surface area contributed by atoms with Crippen LogP contribution in [0.2, 0.25) is 0 Å². The number of fused-ring (bicyclic) bond motifs is 4. The molecule has 1 aromatic heterocycles. The van der Waals surface area contributed by atoms with E-state index in [0.29, 0.717) is 0 Å². The van der Waals surface area contributed by atoms with Gasteiger partial charge in [0.15, 0.2) is 0 Å². The SMILES string of the molecule is CC1(C)c2ccccc2-c2ccc(N(C3=CC=C(Cl)CC=C3)c3cccc(-c4cc5ccccc5o4)c3)cc21. The summed E-state index contributed by atoms with van der Waals surface area (Å²) in [4.78, 5) is 2.31. The van der Waals surface area contributed by atoms with Crippen molar-refractivity contribution in [3.63, 3.8) is 0 Å². The van der Waals surface area contributed by atoms with Gasteiger partial charge in [-0.2, -0.15) is 0 Å². The normalized spacial score (nSPS) is 15.4. The lowest BCUT2D eigenvalue weighted by molar-refractivity contribution is 0.631. The van der Waals surface area contributed by atoms with Crippen molar-refractivity contribution < 1.29 is 4.42 Å². The third kappa shape index (κ3) is 4.04. The first-order valence-electron chi connectivity index (χ1n) is 13.4. The summed E-state index contributed by atoms with van der Waals surface area (Å²) in [6, 6.07) is 34.4. The van der Waals surface area contributed by atoms with E-state index in [1.165, 1.54) is 22.3 Å². The first-order valence-corrected chi connectivity index (χ1v) is 13.7. The molecule has 3 heteroatoms. The molecule has 0 spiro atoms. The molecule has 0 saturated carbocycles. The summed E-state index contributed by atoms with van der Waals surface area (Å²) in [5.41, 5.74) is 10.4. The molecule has 2 aliphatic rings. The topological polar surface area (TPSA) is 16.4 Å². The highest BCUT2D eigenvalue weighted by Crippen LogP contribution is 2.50. The molecule has 0 radical (unpaired) electrons. The van der Waals surface area contributed by atoms with Crippen LogP contribution in [0.15, 0.2) is 137 Å². The van der Waals surface area contributed by atoms with Gasteiger partial charge in [-0.15, -0.1) is 0 Å². The summed E-state index contributed by atoms with van der Waals surface area (Å²) in [6.07, 6.45) is 9.11. The van der Waals surface area contributed by atoms with Crippen molar-refractivity contribution in [3.8, 4) is 22.5 Å². The van der Waals surface area contributed by atoms with Gasteiger partial charge in [-0.3, -0.25) is 0 Å². The molecule has 0 aliphatic heterocycles. The second kappa shape index (κ2) is 9.18. The van der Waals surface area contributed by atoms with E-state index in [1.807, 2.05) is 24.3 Å². The number of allylic oxidation sites excluding steroid dienone is 5. The molecule has 2 aliphatic carbocycles. The summed E-state index contributed by atoms with van der Waals surface area (Å²) in [5, 5.41) is 1.92. The van der Waals surface area contributed by atoms with E-state index in [-0.39, 0.29) is 5.41 Å². The molecule has 2 nitrogen and oxygen atoms in total. The molecule has 0 N–H and O–H groups in total. The highest BCUT2D eigenvalue weighted by Gasteiger charge is 2.35. The maximum Gasteiger partial charge on any atom is 0.135 e. The van der Waals surface area contributed by atoms with Crippen molar-refractivity contribution in [2.75, 3.05) is 4.90 Å². The predicted octanol–water partition coefficient (Wildman–Crippen LogP) is 10.5. The highest BCUT2D eigenvalue weighted by atomic mass is 35.5. The van der Waals surface area contributed by atoms with Crippen molar-refractivity contribution in [2.24, 2.45) is 0 Å². The Morgan fingerprint density at radius 2 is 1.54 bits per heavy atom. The second-order valence-electron chi connectivity index (χ2n) is 10.7. The number of benzene rings is 4. The number of hydrogen-bond acceptors (Lipinski definition) is 2. The van der Waals surface area contributed by atoms with E-state index >= 15 is 0 Å². The summed E-state index contributed by atoms with van der Waals surface area (Å²) in [5.74, 6) is 0.858. The fourth-order valence-electron chi connectivity index (χ4n) is 5.94. The lowest BCUT2D eigenvalue weighted by Crippen LogP contribution is -2.18. The van der Waals surface area contributed by atoms with Gasteiger partial charge < -0.3 is 9.32 Å². The Hall–Kier alpha value is -4.27. The molecular weight excluding hydrogens is 498 g/mol. The van der Waals surface area contributed by atoms with Gasteiger partial charge in [0.05, 0.1) is 0 Å². The minimum absolute atomic E-state index is 0.0827. The van der Waals surface area contributed by atoms with Gasteiger partial charge in [-0.25, -0.2) is 0 Å². The summed E-state index contributed by atoms with van der Waals surface area (Å²) in [7, 11) is 0. The van der Waals surface area contributed by atoms with Gasteiger partial charge in [0, 0.05) is 44.9 Å². The Kier molecular flexibility index (Phi) is 5.61. The second-order valence-corrected chi connectivity index (χ2v) is 11.2. The molecular formula is C36H28ClNO. The molecule has 7 rings (SSSR count). The molecule has 0 bridgehead atoms. The van der Waals surface area contributed by atoms with Gasteiger partial charge in [0.25, 0.3) is 0 Å². The quantitative estimate of drug-likeness (QED) is 0.232. The smallest absolute Gasteiger partial charge is 0.135 e. The number of anilines is 2. The van der Waals surface area contributed by atoms with E-state index in [1.54, 1.807) is 0 Å². The lowest BCUT2D eigenvalue weighted by atomic mass is 9.82. The first kappa shape index (κ1) is 23.8. The fourth-order valence-corrected chi connectivity index (χ4v) is 6.09. The Morgan fingerprint density at radius 3 is 2.44 bits per heavy atom. The van der Waals surface area contributed by atoms with Gasteiger partial charge in [0.2, 0.25) is 0 Å². The summed E-state index contributed by atoms with van der Waals surface area (Å²) in [6.45, 7) is 4.64. The van der Waals surface area contributed by atoms with Crippen molar-refractivity contribution in [1.29, 1.82) is 0 Å². The van der Waals surface area contributed by atoms with Crippen LogP contribution in [0.4, 0.5) is 11.4 Å². The number of rotatable bonds is 4. The zero-order chi connectivity index (χ0) is 26.6. The molecule has 0 amide bonds. The molecule has 0 unspecified atom stereocenters. The molecule has 0 atom stereocenters. The Balaban J connectivity index is 1.39. The minimum Gasteiger partial charge on any atom is -0.456 e. The molecule has 0 fully saturated rings. The lowest BCUT2D eigenvalue weighted by Gasteiger charge is -2.29. The van der Waals surface area contributed by atoms with Crippen molar-refractivity contribution in [1.82, 2.24) is 0 Å². The first-order chi connectivity index (χ1) is 19.0. The number of halogens is 1. The molecule has 4 aromatic carbocycles. The van der Waals surface area contributed by atoms with Crippen molar-refractivity contribution in [3.05, 3.63) is 143 Å². The Labute approximate surface area is 234 Å². The van der Waals surface area contributed by atoms with Crippen LogP contribution in [0.5, 0.6) is 0 Å². The van der Waals surface area contributed by atoms with Crippen LogP contribution in [0.3, 0.4) is 0 Å². The number of nitrogens with zero attached hydrogens (tertiary/aromatic N) is 1. The van der Waals surface area contributed by atoms with Crippen LogP contribution in [0, 0.1) is 0 Å². The van der Waals surface area contributed by atoms with Gasteiger partial charge >= 0.3 is 0 Å². The predicted molar refractivity (Wildman–Crippen MR) is 164 cm³/mol. The summed E-state index contributed by atoms with van der Waals surface area (Å²) >= 11 is 6.43. The molecule has 39 heavy (non-hydrogen) atoms. The third-order valence-electron chi connectivity index (χ3n) is 7.93. The van der Waals surface area contributed by atoms with E-state index in [4.69, 9.17) is 16.0 Å². The number of furan rings is 1. The van der Waals surface area contributed by atoms with E-state index in [0.717, 1.165) is 50.8 Å². The summed E-state index contributed by atoms with van der Waals surface area (Å²) < 4.78 is 6.22. The zero-order valence-corrected chi connectivity index (χ0v) is 22.7. The zero-order valence-electron chi connectivity index (χ0n) is 22.0. The van der Waals surface area contributed by atoms with Crippen LogP contribution in [0.1, 0.15) is 31.4 Å². The number of hydrogen-bond donors (Lipinski definition) is 0. The highest BCUT2D eigenvalue weighted by molar-refractivity contribution is 6.29. The maximum atomic E-state index is 6.43. The van der Waals surface area contributed by atoms with Crippen LogP contribution < -0.4 is 4.90 Å². The molecule has 5 aromatic rings. The van der Waals surface area contributed by atoms with E-state index < -0.39 is 0 Å². The molecule has 190 valence electrons. The van der Waals surface area contributed by atoms with Crippen LogP contribution in [0.25, 0.3) is 33.4 Å². The number of para-hydroxylation sites is 1. The van der Waals surface area contributed by atoms with E-state index in [2.05, 4.69) is 116 Å². The van der Waals surface area contributed by atoms with E-state index in [9.17, 15) is 0 Å².